The van der Waals surface area contributed by atoms with Crippen molar-refractivity contribution in [1.29, 1.82) is 0 Å². The number of hydrogen-bond acceptors (Lipinski definition) is 4. The minimum Gasteiger partial charge on any atom is -0.465 e. The van der Waals surface area contributed by atoms with Gasteiger partial charge in [-0.3, -0.25) is 4.79 Å². The average Bonchev–Trinajstić information content (AvgIpc) is 2.16. The van der Waals surface area contributed by atoms with Crippen molar-refractivity contribution in [2.45, 2.75) is 20.3 Å². The molecule has 0 aromatic rings. The molecular formula is C9H16O4. The molecule has 0 amide bonds. The van der Waals surface area contributed by atoms with Gasteiger partial charge in [-0.25, -0.2) is 0 Å². The molecule has 76 valence electrons. The third-order valence-electron chi connectivity index (χ3n) is 2.31. The standard InChI is InChI=1S/C9H16O4/c1-3-9(6-13-8(2)10)4-11-7-12-5-9/h3-7H2,1-2H3. The summed E-state index contributed by atoms with van der Waals surface area (Å²) >= 11 is 0. The molecule has 0 aromatic carbocycles. The Morgan fingerprint density at radius 2 is 2.08 bits per heavy atom. The summed E-state index contributed by atoms with van der Waals surface area (Å²) in [6.07, 6.45) is 0.889. The van der Waals surface area contributed by atoms with E-state index in [-0.39, 0.29) is 11.4 Å². The van der Waals surface area contributed by atoms with E-state index >= 15 is 0 Å². The van der Waals surface area contributed by atoms with E-state index in [0.29, 0.717) is 26.6 Å². The third-order valence-corrected chi connectivity index (χ3v) is 2.31. The quantitative estimate of drug-likeness (QED) is 0.618. The number of carbonyl (C=O) groups is 1. The van der Waals surface area contributed by atoms with Gasteiger partial charge < -0.3 is 14.2 Å². The molecule has 4 nitrogen and oxygen atoms in total. The molecule has 1 fully saturated rings. The lowest BCUT2D eigenvalue weighted by molar-refractivity contribution is -0.186. The lowest BCUT2D eigenvalue weighted by Gasteiger charge is -2.34. The summed E-state index contributed by atoms with van der Waals surface area (Å²) in [5, 5.41) is 0. The Labute approximate surface area is 78.2 Å². The van der Waals surface area contributed by atoms with E-state index in [1.165, 1.54) is 6.92 Å². The molecule has 1 aliphatic rings. The summed E-state index contributed by atoms with van der Waals surface area (Å²) in [7, 11) is 0. The first-order chi connectivity index (χ1) is 6.18. The van der Waals surface area contributed by atoms with Crippen LogP contribution in [0.2, 0.25) is 0 Å². The van der Waals surface area contributed by atoms with Crippen LogP contribution in [-0.4, -0.2) is 32.6 Å². The smallest absolute Gasteiger partial charge is 0.302 e. The molecule has 0 spiro atoms. The Balaban J connectivity index is 2.42. The van der Waals surface area contributed by atoms with Crippen LogP contribution in [0, 0.1) is 5.41 Å². The summed E-state index contributed by atoms with van der Waals surface area (Å²) in [5.74, 6) is -0.251. The van der Waals surface area contributed by atoms with Crippen LogP contribution in [0.1, 0.15) is 20.3 Å². The molecule has 0 bridgehead atoms. The monoisotopic (exact) mass is 188 g/mol. The predicted octanol–water partition coefficient (Wildman–Crippen LogP) is 0.950. The molecule has 0 unspecified atom stereocenters. The zero-order valence-electron chi connectivity index (χ0n) is 8.17. The number of ether oxygens (including phenoxy) is 3. The molecule has 0 atom stereocenters. The van der Waals surface area contributed by atoms with Crippen LogP contribution in [0.3, 0.4) is 0 Å². The molecule has 0 aliphatic carbocycles. The van der Waals surface area contributed by atoms with E-state index in [0.717, 1.165) is 6.42 Å². The van der Waals surface area contributed by atoms with Gasteiger partial charge in [-0.2, -0.15) is 0 Å². The molecule has 4 heteroatoms. The van der Waals surface area contributed by atoms with Crippen LogP contribution in [-0.2, 0) is 19.0 Å². The predicted molar refractivity (Wildman–Crippen MR) is 46.1 cm³/mol. The highest BCUT2D eigenvalue weighted by Gasteiger charge is 2.33. The summed E-state index contributed by atoms with van der Waals surface area (Å²) in [6, 6.07) is 0. The van der Waals surface area contributed by atoms with Crippen molar-refractivity contribution in [3.8, 4) is 0 Å². The van der Waals surface area contributed by atoms with E-state index in [2.05, 4.69) is 0 Å². The minimum absolute atomic E-state index is 0.135. The molecular weight excluding hydrogens is 172 g/mol. The van der Waals surface area contributed by atoms with Crippen molar-refractivity contribution in [1.82, 2.24) is 0 Å². The summed E-state index contributed by atoms with van der Waals surface area (Å²) < 4.78 is 15.4. The van der Waals surface area contributed by atoms with E-state index in [9.17, 15) is 4.79 Å². The maximum Gasteiger partial charge on any atom is 0.302 e. The molecule has 13 heavy (non-hydrogen) atoms. The van der Waals surface area contributed by atoms with Gasteiger partial charge in [0.25, 0.3) is 0 Å². The first kappa shape index (κ1) is 10.5. The molecule has 1 saturated heterocycles. The van der Waals surface area contributed by atoms with Crippen LogP contribution in [0.15, 0.2) is 0 Å². The zero-order chi connectivity index (χ0) is 9.73. The van der Waals surface area contributed by atoms with Crippen molar-refractivity contribution in [3.05, 3.63) is 0 Å². The van der Waals surface area contributed by atoms with E-state index < -0.39 is 0 Å². The summed E-state index contributed by atoms with van der Waals surface area (Å²) in [4.78, 5) is 10.6. The SMILES string of the molecule is CCC1(COC(C)=O)COCOC1. The van der Waals surface area contributed by atoms with Gasteiger partial charge in [0.1, 0.15) is 13.4 Å². The van der Waals surface area contributed by atoms with Gasteiger partial charge in [-0.05, 0) is 6.42 Å². The molecule has 1 aliphatic heterocycles. The Morgan fingerprint density at radius 3 is 2.54 bits per heavy atom. The Morgan fingerprint density at radius 1 is 1.46 bits per heavy atom. The average molecular weight is 188 g/mol. The van der Waals surface area contributed by atoms with Gasteiger partial charge in [0, 0.05) is 6.92 Å². The minimum atomic E-state index is -0.251. The highest BCUT2D eigenvalue weighted by molar-refractivity contribution is 5.65. The first-order valence-corrected chi connectivity index (χ1v) is 4.47. The van der Waals surface area contributed by atoms with Crippen molar-refractivity contribution in [2.24, 2.45) is 5.41 Å². The fraction of sp³-hybridized carbons (Fsp3) is 0.889. The summed E-state index contributed by atoms with van der Waals surface area (Å²) in [5.41, 5.74) is -0.135. The maximum atomic E-state index is 10.6. The first-order valence-electron chi connectivity index (χ1n) is 4.47. The second kappa shape index (κ2) is 4.58. The molecule has 1 rings (SSSR count). The highest BCUT2D eigenvalue weighted by atomic mass is 16.7. The van der Waals surface area contributed by atoms with Gasteiger partial charge in [0.05, 0.1) is 18.6 Å². The number of hydrogen-bond donors (Lipinski definition) is 0. The van der Waals surface area contributed by atoms with Crippen molar-refractivity contribution in [3.63, 3.8) is 0 Å². The van der Waals surface area contributed by atoms with Crippen molar-refractivity contribution < 1.29 is 19.0 Å². The van der Waals surface area contributed by atoms with Crippen LogP contribution in [0.5, 0.6) is 0 Å². The van der Waals surface area contributed by atoms with Crippen LogP contribution >= 0.6 is 0 Å². The van der Waals surface area contributed by atoms with Crippen LogP contribution < -0.4 is 0 Å². The maximum absolute atomic E-state index is 10.6. The second-order valence-corrected chi connectivity index (χ2v) is 3.45. The molecule has 0 saturated carbocycles. The van der Waals surface area contributed by atoms with E-state index in [4.69, 9.17) is 14.2 Å². The third kappa shape index (κ3) is 2.97. The van der Waals surface area contributed by atoms with Gasteiger partial charge in [-0.15, -0.1) is 0 Å². The second-order valence-electron chi connectivity index (χ2n) is 3.45. The highest BCUT2D eigenvalue weighted by Crippen LogP contribution is 2.26. The lowest BCUT2D eigenvalue weighted by Crippen LogP contribution is -2.41. The van der Waals surface area contributed by atoms with Gasteiger partial charge in [0.15, 0.2) is 0 Å². The Hall–Kier alpha value is -0.610. The van der Waals surface area contributed by atoms with Gasteiger partial charge in [-0.1, -0.05) is 6.92 Å². The van der Waals surface area contributed by atoms with Crippen LogP contribution in [0.25, 0.3) is 0 Å². The van der Waals surface area contributed by atoms with Crippen molar-refractivity contribution in [2.75, 3.05) is 26.6 Å². The molecule has 0 N–H and O–H groups in total. The number of esters is 1. The topological polar surface area (TPSA) is 44.8 Å². The molecule has 1 heterocycles. The fourth-order valence-corrected chi connectivity index (χ4v) is 1.26. The Bertz CT molecular complexity index is 172. The van der Waals surface area contributed by atoms with E-state index in [1.807, 2.05) is 6.92 Å². The van der Waals surface area contributed by atoms with E-state index in [1.54, 1.807) is 0 Å². The zero-order valence-corrected chi connectivity index (χ0v) is 8.17. The van der Waals surface area contributed by atoms with Gasteiger partial charge >= 0.3 is 5.97 Å². The van der Waals surface area contributed by atoms with Crippen LogP contribution in [0.4, 0.5) is 0 Å². The normalized spacial score (nSPS) is 21.1. The summed E-state index contributed by atoms with van der Waals surface area (Å²) in [6.45, 7) is 5.41. The lowest BCUT2D eigenvalue weighted by atomic mass is 9.87. The molecule has 0 radical (unpaired) electrons. The van der Waals surface area contributed by atoms with Crippen molar-refractivity contribution >= 4 is 5.97 Å². The number of carbonyl (C=O) groups excluding carboxylic acids is 1. The van der Waals surface area contributed by atoms with Gasteiger partial charge in [0.2, 0.25) is 0 Å². The molecule has 0 aromatic heterocycles. The Kier molecular flexibility index (Phi) is 3.69. The fourth-order valence-electron chi connectivity index (χ4n) is 1.26. The number of rotatable bonds is 3. The largest absolute Gasteiger partial charge is 0.465 e.